The summed E-state index contributed by atoms with van der Waals surface area (Å²) in [6.45, 7) is 1.98. The second-order valence-electron chi connectivity index (χ2n) is 8.00. The van der Waals surface area contributed by atoms with Crippen molar-refractivity contribution in [2.24, 2.45) is 0 Å². The third kappa shape index (κ3) is 8.92. The molecule has 0 spiro atoms. The van der Waals surface area contributed by atoms with Crippen molar-refractivity contribution >= 4 is 26.8 Å². The van der Waals surface area contributed by atoms with Gasteiger partial charge in [-0.15, -0.1) is 0 Å². The molecular weight excluding hydrogens is 525 g/mol. The van der Waals surface area contributed by atoms with Crippen molar-refractivity contribution in [1.82, 2.24) is 15.3 Å². The van der Waals surface area contributed by atoms with Crippen LogP contribution in [0.5, 0.6) is 5.75 Å². The highest BCUT2D eigenvalue weighted by atomic mass is 31.2. The predicted molar refractivity (Wildman–Crippen MR) is 124 cm³/mol. The van der Waals surface area contributed by atoms with E-state index in [9.17, 15) is 31.9 Å². The molecule has 1 fully saturated rings. The van der Waals surface area contributed by atoms with E-state index in [-0.39, 0.29) is 12.8 Å². The molecule has 0 aromatic heterocycles. The molecule has 1 aromatic carbocycles. The number of halogens is 4. The number of alkyl halides is 3. The Morgan fingerprint density at radius 2 is 1.97 bits per heavy atom. The van der Waals surface area contributed by atoms with Gasteiger partial charge in [0.15, 0.2) is 23.9 Å². The fourth-order valence-corrected chi connectivity index (χ4v) is 4.26. The number of nitrogens with one attached hydrogen (secondary N) is 2. The molecule has 0 bridgehead atoms. The fraction of sp³-hybridized carbons (Fsp3) is 0.500. The molecule has 1 saturated heterocycles. The van der Waals surface area contributed by atoms with Crippen LogP contribution in [0.15, 0.2) is 42.4 Å². The first-order valence-corrected chi connectivity index (χ1v) is 12.2. The lowest BCUT2D eigenvalue weighted by Crippen LogP contribution is -2.48. The molecule has 2 N–H and O–H groups in total. The molecule has 1 aromatic rings. The van der Waals surface area contributed by atoms with Gasteiger partial charge in [0.25, 0.3) is 6.43 Å². The number of hydrogen-bond acceptors (Lipinski definition) is 8. The zero-order chi connectivity index (χ0) is 27.6. The molecule has 0 saturated carbocycles. The molecule has 37 heavy (non-hydrogen) atoms. The number of nitrogens with zero attached hydrogens (tertiary/aromatic N) is 1. The second-order valence-corrected chi connectivity index (χ2v) is 9.27. The number of urea groups is 1. The maximum Gasteiger partial charge on any atom is 0.323 e. The molecule has 1 aliphatic rings. The minimum atomic E-state index is -3.30. The summed E-state index contributed by atoms with van der Waals surface area (Å²) in [6, 6.07) is 7.02. The number of carbonyl (C=O) groups excluding carboxylic acids is 3. The number of hydrogen-bond donors (Lipinski definition) is 2. The number of carbonyl (C=O) groups is 3. The highest BCUT2D eigenvalue weighted by Gasteiger charge is 2.56. The molecule has 10 nitrogen and oxygen atoms in total. The Labute approximate surface area is 212 Å². The van der Waals surface area contributed by atoms with Gasteiger partial charge < -0.3 is 23.8 Å². The molecule has 2 amide bonds. The van der Waals surface area contributed by atoms with Gasteiger partial charge in [0.05, 0.1) is 18.9 Å². The van der Waals surface area contributed by atoms with Gasteiger partial charge in [-0.3, -0.25) is 14.5 Å². The van der Waals surface area contributed by atoms with Crippen molar-refractivity contribution in [2.45, 2.75) is 50.8 Å². The van der Waals surface area contributed by atoms with Crippen molar-refractivity contribution in [3.63, 3.8) is 0 Å². The number of allylic oxidation sites excluding steroid dienone is 1. The normalized spacial score (nSPS) is 22.6. The lowest BCUT2D eigenvalue weighted by Gasteiger charge is -2.31. The molecular formula is C22H28F4N3O7P. The van der Waals surface area contributed by atoms with Crippen LogP contribution >= 0.6 is 8.53 Å². The van der Waals surface area contributed by atoms with Gasteiger partial charge >= 0.3 is 20.5 Å². The fourth-order valence-electron chi connectivity index (χ4n) is 3.14. The van der Waals surface area contributed by atoms with E-state index in [0.717, 1.165) is 7.05 Å². The number of esters is 1. The minimum Gasteiger partial charge on any atom is -0.462 e. The van der Waals surface area contributed by atoms with Crippen LogP contribution in [-0.4, -0.2) is 73.9 Å². The van der Waals surface area contributed by atoms with Crippen LogP contribution in [-0.2, 0) is 23.6 Å². The summed E-state index contributed by atoms with van der Waals surface area (Å²) in [5, 5.41) is 4.73. The monoisotopic (exact) mass is 553 g/mol. The number of rotatable bonds is 13. The third-order valence-corrected chi connectivity index (χ3v) is 5.93. The van der Waals surface area contributed by atoms with Gasteiger partial charge in [-0.1, -0.05) is 18.2 Å². The van der Waals surface area contributed by atoms with Crippen LogP contribution in [0.4, 0.5) is 22.4 Å². The van der Waals surface area contributed by atoms with Crippen LogP contribution < -0.4 is 14.9 Å². The first-order valence-electron chi connectivity index (χ1n) is 11.0. The number of ether oxygens (including phenoxy) is 2. The van der Waals surface area contributed by atoms with Crippen molar-refractivity contribution < 1.29 is 50.5 Å². The molecule has 206 valence electrons. The zero-order valence-electron chi connectivity index (χ0n) is 20.2. The molecule has 4 unspecified atom stereocenters. The van der Waals surface area contributed by atoms with Crippen LogP contribution in [0.2, 0.25) is 0 Å². The smallest absolute Gasteiger partial charge is 0.323 e. The Morgan fingerprint density at radius 3 is 2.54 bits per heavy atom. The number of amides is 2. The SMILES string of the molecule is CNC(=O)N(/C=C(/F)C=O)C1OC(COP(NCC(=O)OC(C)C)Oc2ccccc2)(C(F)F)CC1F. The molecule has 0 aliphatic carbocycles. The lowest BCUT2D eigenvalue weighted by molar-refractivity contribution is -0.169. The van der Waals surface area contributed by atoms with E-state index in [1.807, 2.05) is 0 Å². The molecule has 4 atom stereocenters. The predicted octanol–water partition coefficient (Wildman–Crippen LogP) is 3.59. The third-order valence-electron chi connectivity index (χ3n) is 4.78. The Morgan fingerprint density at radius 1 is 1.30 bits per heavy atom. The Kier molecular flexibility index (Phi) is 11.7. The Balaban J connectivity index is 2.22. The summed E-state index contributed by atoms with van der Waals surface area (Å²) >= 11 is 0. The summed E-state index contributed by atoms with van der Waals surface area (Å²) in [5.74, 6) is -1.82. The first-order chi connectivity index (χ1) is 17.5. The average molecular weight is 553 g/mol. The minimum absolute atomic E-state index is 0.244. The largest absolute Gasteiger partial charge is 0.462 e. The lowest BCUT2D eigenvalue weighted by atomic mass is 10.0. The summed E-state index contributed by atoms with van der Waals surface area (Å²) < 4.78 is 78.3. The van der Waals surface area contributed by atoms with E-state index in [2.05, 4.69) is 10.4 Å². The van der Waals surface area contributed by atoms with E-state index in [1.54, 1.807) is 44.2 Å². The topological polar surface area (TPSA) is 115 Å². The second kappa shape index (κ2) is 14.2. The van der Waals surface area contributed by atoms with Gasteiger partial charge in [-0.25, -0.2) is 27.4 Å². The highest BCUT2D eigenvalue weighted by Crippen LogP contribution is 2.43. The van der Waals surface area contributed by atoms with Crippen LogP contribution in [0.3, 0.4) is 0 Å². The van der Waals surface area contributed by atoms with Gasteiger partial charge in [0, 0.05) is 13.5 Å². The highest BCUT2D eigenvalue weighted by molar-refractivity contribution is 7.45. The van der Waals surface area contributed by atoms with Crippen LogP contribution in [0.1, 0.15) is 20.3 Å². The van der Waals surface area contributed by atoms with E-state index < -0.39 is 69.9 Å². The van der Waals surface area contributed by atoms with E-state index in [0.29, 0.717) is 16.8 Å². The van der Waals surface area contributed by atoms with Crippen molar-refractivity contribution in [3.05, 3.63) is 42.4 Å². The maximum atomic E-state index is 14.9. The molecule has 15 heteroatoms. The Bertz CT molecular complexity index is 944. The van der Waals surface area contributed by atoms with E-state index >= 15 is 0 Å². The maximum absolute atomic E-state index is 14.9. The van der Waals surface area contributed by atoms with Crippen molar-refractivity contribution in [2.75, 3.05) is 20.2 Å². The van der Waals surface area contributed by atoms with E-state index in [4.69, 9.17) is 18.5 Å². The molecule has 2 rings (SSSR count). The summed E-state index contributed by atoms with van der Waals surface area (Å²) in [4.78, 5) is 35.0. The summed E-state index contributed by atoms with van der Waals surface area (Å²) in [5.41, 5.74) is -2.57. The van der Waals surface area contributed by atoms with Crippen LogP contribution in [0.25, 0.3) is 0 Å². The van der Waals surface area contributed by atoms with Gasteiger partial charge in [-0.05, 0) is 26.0 Å². The average Bonchev–Trinajstić information content (AvgIpc) is 3.21. The van der Waals surface area contributed by atoms with Crippen LogP contribution in [0, 0.1) is 0 Å². The molecule has 1 aliphatic heterocycles. The first kappa shape index (κ1) is 30.4. The van der Waals surface area contributed by atoms with Crippen molar-refractivity contribution in [1.29, 1.82) is 0 Å². The van der Waals surface area contributed by atoms with Gasteiger partial charge in [-0.2, -0.15) is 0 Å². The summed E-state index contributed by atoms with van der Waals surface area (Å²) in [6.07, 6.45) is -8.71. The van der Waals surface area contributed by atoms with E-state index in [1.165, 1.54) is 0 Å². The Hall–Kier alpha value is -2.80. The number of para-hydroxylation sites is 1. The molecule has 0 radical (unpaired) electrons. The van der Waals surface area contributed by atoms with Gasteiger partial charge in [0.1, 0.15) is 18.5 Å². The van der Waals surface area contributed by atoms with Crippen molar-refractivity contribution in [3.8, 4) is 5.75 Å². The standard InChI is InChI=1S/C22H28F4N3O7P/c1-14(2)34-18(31)10-28-37(36-16-7-5-4-6-8-16)33-13-22(20(25)26)9-17(24)19(35-22)29(21(32)27-3)11-15(23)12-30/h4-8,11-12,14,17,19-20,28H,9-10,13H2,1-3H3,(H,27,32)/b15-11+. The molecule has 1 heterocycles. The van der Waals surface area contributed by atoms with Gasteiger partial charge in [0.2, 0.25) is 0 Å². The zero-order valence-corrected chi connectivity index (χ0v) is 21.1. The summed E-state index contributed by atoms with van der Waals surface area (Å²) in [7, 11) is -1.10. The number of aldehydes is 1. The quantitative estimate of drug-likeness (QED) is 0.125. The number of benzene rings is 1.